The van der Waals surface area contributed by atoms with Crippen molar-refractivity contribution in [1.82, 2.24) is 0 Å². The molecule has 0 amide bonds. The molecule has 0 aliphatic carbocycles. The van der Waals surface area contributed by atoms with Crippen LogP contribution in [0.3, 0.4) is 0 Å². The molecule has 0 aromatic heterocycles. The van der Waals surface area contributed by atoms with Gasteiger partial charge in [0.2, 0.25) is 0 Å². The van der Waals surface area contributed by atoms with Crippen molar-refractivity contribution in [2.45, 2.75) is 25.3 Å². The van der Waals surface area contributed by atoms with Gasteiger partial charge in [-0.1, -0.05) is 19.6 Å². The Balaban J connectivity index is 0. The Morgan fingerprint density at radius 3 is 2.00 bits per heavy atom. The number of aliphatic carboxylic acids is 1. The smallest absolute Gasteiger partial charge is 0.320 e. The fourth-order valence-electron chi connectivity index (χ4n) is 0.700. The maximum absolute atomic E-state index is 10.1. The lowest BCUT2D eigenvalue weighted by atomic mass is 10.1. The molecule has 0 spiro atoms. The monoisotopic (exact) mass is 264 g/mol. The summed E-state index contributed by atoms with van der Waals surface area (Å²) in [7, 11) is -3.13. The van der Waals surface area contributed by atoms with E-state index in [1.165, 1.54) is 0 Å². The standard InChI is InChI=1S/C6H14N2O2.C4H6O2S/c7-4-2-1-3-5(8)6(9)10;1-3-7(5,6)4-2/h5H,1-4,7-8H2,(H,9,10);3-4H,1-2H2/t5-;/m0./s1. The average molecular weight is 264 g/mol. The molecule has 0 rings (SSSR count). The molecule has 0 saturated heterocycles. The van der Waals surface area contributed by atoms with Gasteiger partial charge < -0.3 is 16.6 Å². The molecule has 0 saturated carbocycles. The molecule has 6 nitrogen and oxygen atoms in total. The summed E-state index contributed by atoms with van der Waals surface area (Å²) in [5.74, 6) is -0.933. The second kappa shape index (κ2) is 10.0. The third-order valence-corrected chi connectivity index (χ3v) is 2.68. The number of unbranched alkanes of at least 4 members (excludes halogenated alkanes) is 1. The van der Waals surface area contributed by atoms with Gasteiger partial charge in [-0.3, -0.25) is 4.79 Å². The SMILES string of the molecule is C=CS(=O)(=O)C=C.NCCCC[C@H](N)C(=O)O. The molecule has 17 heavy (non-hydrogen) atoms. The van der Waals surface area contributed by atoms with Crippen LogP contribution in [0.4, 0.5) is 0 Å². The molecular weight excluding hydrogens is 244 g/mol. The number of nitrogens with two attached hydrogens (primary N) is 2. The van der Waals surface area contributed by atoms with E-state index in [2.05, 4.69) is 13.2 Å². The second-order valence-corrected chi connectivity index (χ2v) is 5.00. The maximum Gasteiger partial charge on any atom is 0.320 e. The minimum absolute atomic E-state index is 0.520. The first kappa shape index (κ1) is 18.2. The van der Waals surface area contributed by atoms with Crippen LogP contribution >= 0.6 is 0 Å². The molecule has 0 aliphatic rings. The number of carboxylic acid groups (broad SMARTS) is 1. The van der Waals surface area contributed by atoms with E-state index in [4.69, 9.17) is 16.6 Å². The van der Waals surface area contributed by atoms with Gasteiger partial charge in [0.05, 0.1) is 0 Å². The lowest BCUT2D eigenvalue weighted by molar-refractivity contribution is -0.138. The fraction of sp³-hybridized carbons (Fsp3) is 0.500. The summed E-state index contributed by atoms with van der Waals surface area (Å²) in [5.41, 5.74) is 10.4. The molecule has 0 bridgehead atoms. The molecule has 0 fully saturated rings. The summed E-state index contributed by atoms with van der Waals surface area (Å²) in [6, 6.07) is -0.716. The Morgan fingerprint density at radius 2 is 1.76 bits per heavy atom. The number of carbonyl (C=O) groups is 1. The third kappa shape index (κ3) is 12.8. The van der Waals surface area contributed by atoms with Crippen LogP contribution in [0.5, 0.6) is 0 Å². The predicted molar refractivity (Wildman–Crippen MR) is 67.8 cm³/mol. The molecule has 0 radical (unpaired) electrons. The van der Waals surface area contributed by atoms with Crippen molar-refractivity contribution in [3.05, 3.63) is 24.0 Å². The van der Waals surface area contributed by atoms with Crippen LogP contribution in [0.25, 0.3) is 0 Å². The van der Waals surface area contributed by atoms with Crippen LogP contribution < -0.4 is 11.5 Å². The van der Waals surface area contributed by atoms with Crippen LogP contribution in [0, 0.1) is 0 Å². The lowest BCUT2D eigenvalue weighted by Gasteiger charge is -2.03. The fourth-order valence-corrected chi connectivity index (χ4v) is 0.836. The van der Waals surface area contributed by atoms with Gasteiger partial charge in [-0.2, -0.15) is 0 Å². The van der Waals surface area contributed by atoms with E-state index >= 15 is 0 Å². The van der Waals surface area contributed by atoms with Crippen LogP contribution in [0.15, 0.2) is 24.0 Å². The van der Waals surface area contributed by atoms with Gasteiger partial charge in [0.25, 0.3) is 0 Å². The van der Waals surface area contributed by atoms with Gasteiger partial charge in [-0.25, -0.2) is 8.42 Å². The Kier molecular flexibility index (Phi) is 10.7. The molecule has 0 unspecified atom stereocenters. The van der Waals surface area contributed by atoms with Gasteiger partial charge in [0, 0.05) is 10.8 Å². The van der Waals surface area contributed by atoms with Crippen LogP contribution in [-0.2, 0) is 14.6 Å². The highest BCUT2D eigenvalue weighted by Gasteiger charge is 2.09. The van der Waals surface area contributed by atoms with E-state index in [1.54, 1.807) is 0 Å². The normalized spacial score (nSPS) is 11.9. The number of sulfone groups is 1. The maximum atomic E-state index is 10.1. The molecule has 1 atom stereocenters. The zero-order valence-electron chi connectivity index (χ0n) is 9.71. The molecule has 100 valence electrons. The van der Waals surface area contributed by atoms with Gasteiger partial charge >= 0.3 is 5.97 Å². The minimum atomic E-state index is -3.13. The number of rotatable bonds is 7. The third-order valence-electron chi connectivity index (χ3n) is 1.75. The van der Waals surface area contributed by atoms with Crippen molar-refractivity contribution in [1.29, 1.82) is 0 Å². The Hall–Kier alpha value is -1.18. The molecule has 5 N–H and O–H groups in total. The van der Waals surface area contributed by atoms with Crippen LogP contribution in [-0.4, -0.2) is 32.1 Å². The highest BCUT2D eigenvalue weighted by atomic mass is 32.2. The van der Waals surface area contributed by atoms with E-state index in [0.717, 1.165) is 23.7 Å². The Bertz CT molecular complexity index is 324. The van der Waals surface area contributed by atoms with E-state index in [0.29, 0.717) is 13.0 Å². The second-order valence-electron chi connectivity index (χ2n) is 3.15. The summed E-state index contributed by atoms with van der Waals surface area (Å²) >= 11 is 0. The van der Waals surface area contributed by atoms with Gasteiger partial charge in [-0.05, 0) is 19.4 Å². The Morgan fingerprint density at radius 1 is 1.29 bits per heavy atom. The number of hydrogen-bond donors (Lipinski definition) is 3. The summed E-state index contributed by atoms with van der Waals surface area (Å²) in [5, 5.41) is 10.0. The first-order valence-corrected chi connectivity index (χ1v) is 6.60. The molecule has 0 aromatic carbocycles. The summed E-state index contributed by atoms with van der Waals surface area (Å²) in [4.78, 5) is 10.1. The van der Waals surface area contributed by atoms with Crippen molar-refractivity contribution in [2.24, 2.45) is 11.5 Å². The van der Waals surface area contributed by atoms with E-state index < -0.39 is 21.8 Å². The summed E-state index contributed by atoms with van der Waals surface area (Å²) < 4.78 is 20.3. The lowest BCUT2D eigenvalue weighted by Crippen LogP contribution is -2.29. The molecular formula is C10H20N2O4S. The van der Waals surface area contributed by atoms with E-state index in [-0.39, 0.29) is 0 Å². The largest absolute Gasteiger partial charge is 0.480 e. The topological polar surface area (TPSA) is 123 Å². The van der Waals surface area contributed by atoms with Crippen molar-refractivity contribution in [3.8, 4) is 0 Å². The van der Waals surface area contributed by atoms with Crippen molar-refractivity contribution >= 4 is 15.8 Å². The zero-order valence-corrected chi connectivity index (χ0v) is 10.5. The Labute approximate surface area is 102 Å². The minimum Gasteiger partial charge on any atom is -0.480 e. The van der Waals surface area contributed by atoms with Gasteiger partial charge in [0.15, 0.2) is 9.84 Å². The molecule has 7 heteroatoms. The van der Waals surface area contributed by atoms with Crippen LogP contribution in [0.2, 0.25) is 0 Å². The molecule has 0 aromatic rings. The molecule has 0 aliphatic heterocycles. The predicted octanol–water partition coefficient (Wildman–Crippen LogP) is 0.216. The number of carboxylic acids is 1. The van der Waals surface area contributed by atoms with E-state index in [1.807, 2.05) is 0 Å². The van der Waals surface area contributed by atoms with Crippen molar-refractivity contribution < 1.29 is 18.3 Å². The van der Waals surface area contributed by atoms with Crippen LogP contribution in [0.1, 0.15) is 19.3 Å². The zero-order chi connectivity index (χ0) is 13.9. The average Bonchev–Trinajstić information content (AvgIpc) is 2.30. The van der Waals surface area contributed by atoms with Gasteiger partial charge in [0.1, 0.15) is 6.04 Å². The summed E-state index contributed by atoms with van der Waals surface area (Å²) in [6.07, 6.45) is 2.16. The van der Waals surface area contributed by atoms with Crippen molar-refractivity contribution in [3.63, 3.8) is 0 Å². The van der Waals surface area contributed by atoms with Gasteiger partial charge in [-0.15, -0.1) is 0 Å². The first-order valence-electron chi connectivity index (χ1n) is 4.99. The molecule has 0 heterocycles. The highest BCUT2D eigenvalue weighted by molar-refractivity contribution is 7.97. The highest BCUT2D eigenvalue weighted by Crippen LogP contribution is 1.96. The first-order chi connectivity index (χ1) is 7.80. The number of hydrogen-bond acceptors (Lipinski definition) is 5. The van der Waals surface area contributed by atoms with Crippen molar-refractivity contribution in [2.75, 3.05) is 6.54 Å². The quantitative estimate of drug-likeness (QED) is 0.565. The summed E-state index contributed by atoms with van der Waals surface area (Å²) in [6.45, 7) is 6.69. The van der Waals surface area contributed by atoms with E-state index in [9.17, 15) is 13.2 Å².